The highest BCUT2D eigenvalue weighted by Gasteiger charge is 2.34. The zero-order valence-electron chi connectivity index (χ0n) is 23.5. The number of amides is 2. The SMILES string of the molecule is CCOc1ccc(N(CC(=O)N(Cc2ccc(Cl)cc2)[C@@H](CC)C(=O)NC(C)C)S(=O)(=O)c2ccc(F)cc2)cc1. The second-order valence-electron chi connectivity index (χ2n) is 9.63. The molecular formula is C30H35ClFN3O5S. The third-order valence-corrected chi connectivity index (χ3v) is 8.24. The zero-order chi connectivity index (χ0) is 30.2. The van der Waals surface area contributed by atoms with E-state index in [0.29, 0.717) is 29.4 Å². The van der Waals surface area contributed by atoms with Gasteiger partial charge in [0.2, 0.25) is 11.8 Å². The first-order valence-corrected chi connectivity index (χ1v) is 15.1. The molecule has 0 aliphatic rings. The van der Waals surface area contributed by atoms with E-state index in [4.69, 9.17) is 16.3 Å². The molecule has 0 radical (unpaired) electrons. The van der Waals surface area contributed by atoms with Crippen LogP contribution in [0.25, 0.3) is 0 Å². The molecule has 8 nitrogen and oxygen atoms in total. The van der Waals surface area contributed by atoms with E-state index in [2.05, 4.69) is 5.32 Å². The predicted octanol–water partition coefficient (Wildman–Crippen LogP) is 5.41. The highest BCUT2D eigenvalue weighted by Crippen LogP contribution is 2.27. The molecule has 0 heterocycles. The van der Waals surface area contributed by atoms with Gasteiger partial charge in [-0.15, -0.1) is 0 Å². The van der Waals surface area contributed by atoms with Crippen LogP contribution in [0.4, 0.5) is 10.1 Å². The summed E-state index contributed by atoms with van der Waals surface area (Å²) in [5, 5.41) is 3.37. The van der Waals surface area contributed by atoms with Gasteiger partial charge in [0, 0.05) is 17.6 Å². The second kappa shape index (κ2) is 14.3. The maximum absolute atomic E-state index is 14.0. The Labute approximate surface area is 246 Å². The molecule has 0 aliphatic carbocycles. The number of nitrogens with zero attached hydrogens (tertiary/aromatic N) is 2. The summed E-state index contributed by atoms with van der Waals surface area (Å²) >= 11 is 6.04. The molecule has 0 unspecified atom stereocenters. The molecule has 3 aromatic rings. The fourth-order valence-corrected chi connectivity index (χ4v) is 5.76. The topological polar surface area (TPSA) is 96.0 Å². The predicted molar refractivity (Wildman–Crippen MR) is 158 cm³/mol. The van der Waals surface area contributed by atoms with Crippen molar-refractivity contribution in [2.75, 3.05) is 17.5 Å². The van der Waals surface area contributed by atoms with E-state index >= 15 is 0 Å². The van der Waals surface area contributed by atoms with E-state index in [1.165, 1.54) is 17.0 Å². The fourth-order valence-electron chi connectivity index (χ4n) is 4.22. The number of hydrogen-bond donors (Lipinski definition) is 1. The lowest BCUT2D eigenvalue weighted by molar-refractivity contribution is -0.140. The van der Waals surface area contributed by atoms with Gasteiger partial charge in [-0.2, -0.15) is 0 Å². The highest BCUT2D eigenvalue weighted by atomic mass is 35.5. The maximum atomic E-state index is 14.0. The maximum Gasteiger partial charge on any atom is 0.264 e. The average Bonchev–Trinajstić information content (AvgIpc) is 2.93. The lowest BCUT2D eigenvalue weighted by atomic mass is 10.1. The molecule has 0 bridgehead atoms. The number of rotatable bonds is 13. The summed E-state index contributed by atoms with van der Waals surface area (Å²) in [6.07, 6.45) is 0.297. The van der Waals surface area contributed by atoms with Crippen molar-refractivity contribution in [2.45, 2.75) is 57.6 Å². The van der Waals surface area contributed by atoms with Crippen molar-refractivity contribution in [3.63, 3.8) is 0 Å². The van der Waals surface area contributed by atoms with E-state index in [0.717, 1.165) is 28.6 Å². The summed E-state index contributed by atoms with van der Waals surface area (Å²) in [6.45, 7) is 7.11. The quantitative estimate of drug-likeness (QED) is 0.282. The minimum absolute atomic E-state index is 0.0493. The highest BCUT2D eigenvalue weighted by molar-refractivity contribution is 7.92. The summed E-state index contributed by atoms with van der Waals surface area (Å²) in [7, 11) is -4.31. The molecule has 0 aromatic heterocycles. The minimum atomic E-state index is -4.31. The van der Waals surface area contributed by atoms with Gasteiger partial charge in [0.05, 0.1) is 17.2 Å². The van der Waals surface area contributed by atoms with Gasteiger partial charge in [0.1, 0.15) is 24.2 Å². The smallest absolute Gasteiger partial charge is 0.264 e. The molecule has 0 saturated heterocycles. The van der Waals surface area contributed by atoms with E-state index in [9.17, 15) is 22.4 Å². The average molecular weight is 604 g/mol. The molecule has 0 saturated carbocycles. The third-order valence-electron chi connectivity index (χ3n) is 6.20. The monoisotopic (exact) mass is 603 g/mol. The van der Waals surface area contributed by atoms with Crippen molar-refractivity contribution in [1.82, 2.24) is 10.2 Å². The number of halogens is 2. The number of ether oxygens (including phenoxy) is 1. The molecule has 2 amide bonds. The number of anilines is 1. The number of hydrogen-bond acceptors (Lipinski definition) is 5. The lowest BCUT2D eigenvalue weighted by Gasteiger charge is -2.33. The summed E-state index contributed by atoms with van der Waals surface area (Å²) in [5.41, 5.74) is 0.921. The minimum Gasteiger partial charge on any atom is -0.494 e. The number of nitrogens with one attached hydrogen (secondary N) is 1. The van der Waals surface area contributed by atoms with E-state index < -0.39 is 34.3 Å². The third kappa shape index (κ3) is 8.43. The lowest BCUT2D eigenvalue weighted by Crippen LogP contribution is -2.53. The molecule has 0 aliphatic heterocycles. The van der Waals surface area contributed by atoms with Gasteiger partial charge < -0.3 is 15.0 Å². The molecule has 3 rings (SSSR count). The van der Waals surface area contributed by atoms with E-state index in [1.807, 2.05) is 20.8 Å². The van der Waals surface area contributed by atoms with E-state index in [-0.39, 0.29) is 29.1 Å². The van der Waals surface area contributed by atoms with Crippen molar-refractivity contribution in [1.29, 1.82) is 0 Å². The number of benzene rings is 3. The van der Waals surface area contributed by atoms with Crippen molar-refractivity contribution >= 4 is 39.1 Å². The normalized spacial score (nSPS) is 12.1. The van der Waals surface area contributed by atoms with Crippen LogP contribution in [0.5, 0.6) is 5.75 Å². The van der Waals surface area contributed by atoms with Crippen LogP contribution < -0.4 is 14.4 Å². The molecule has 0 spiro atoms. The van der Waals surface area contributed by atoms with Crippen molar-refractivity contribution in [3.05, 3.63) is 89.2 Å². The Hall–Kier alpha value is -3.63. The molecule has 11 heteroatoms. The van der Waals surface area contributed by atoms with Gasteiger partial charge in [0.25, 0.3) is 10.0 Å². The first-order valence-electron chi connectivity index (χ1n) is 13.3. The number of carbonyl (C=O) groups excluding carboxylic acids is 2. The summed E-state index contributed by atoms with van der Waals surface area (Å²) in [6, 6.07) is 16.5. The van der Waals surface area contributed by atoms with Crippen LogP contribution in [0.2, 0.25) is 5.02 Å². The standard InChI is InChI=1S/C30H35ClFN3O5S/c1-5-28(30(37)33-21(3)4)34(19-22-7-9-23(31)10-8-22)29(36)20-35(25-13-15-26(16-14-25)40-6-2)41(38,39)27-17-11-24(32)12-18-27/h7-18,21,28H,5-6,19-20H2,1-4H3,(H,33,37)/t28-/m0/s1. The van der Waals surface area contributed by atoms with Crippen molar-refractivity contribution in [3.8, 4) is 5.75 Å². The van der Waals surface area contributed by atoms with Crippen molar-refractivity contribution < 1.29 is 27.1 Å². The van der Waals surface area contributed by atoms with Crippen LogP contribution in [0, 0.1) is 5.82 Å². The Morgan fingerprint density at radius 1 is 0.951 bits per heavy atom. The fraction of sp³-hybridized carbons (Fsp3) is 0.333. The van der Waals surface area contributed by atoms with Crippen molar-refractivity contribution in [2.24, 2.45) is 0 Å². The summed E-state index contributed by atoms with van der Waals surface area (Å²) in [4.78, 5) is 28.4. The van der Waals surface area contributed by atoms with Gasteiger partial charge in [-0.25, -0.2) is 12.8 Å². The van der Waals surface area contributed by atoms with Crippen LogP contribution in [0.15, 0.2) is 77.7 Å². The molecule has 220 valence electrons. The molecular weight excluding hydrogens is 569 g/mol. The number of carbonyl (C=O) groups is 2. The Kier molecular flexibility index (Phi) is 11.1. The Bertz CT molecular complexity index is 1420. The molecule has 1 atom stereocenters. The van der Waals surface area contributed by atoms with Gasteiger partial charge in [-0.05, 0) is 93.4 Å². The summed E-state index contributed by atoms with van der Waals surface area (Å²) in [5.74, 6) is -1.00. The van der Waals surface area contributed by atoms with Crippen LogP contribution >= 0.6 is 11.6 Å². The molecule has 0 fully saturated rings. The van der Waals surface area contributed by atoms with Crippen LogP contribution in [0.1, 0.15) is 39.7 Å². The first kappa shape index (κ1) is 31.9. The van der Waals surface area contributed by atoms with Gasteiger partial charge >= 0.3 is 0 Å². The second-order valence-corrected chi connectivity index (χ2v) is 11.9. The van der Waals surface area contributed by atoms with Gasteiger partial charge in [-0.3, -0.25) is 13.9 Å². The molecule has 1 N–H and O–H groups in total. The van der Waals surface area contributed by atoms with E-state index in [1.54, 1.807) is 43.3 Å². The number of sulfonamides is 1. The Morgan fingerprint density at radius 2 is 1.56 bits per heavy atom. The molecule has 41 heavy (non-hydrogen) atoms. The van der Waals surface area contributed by atoms with Gasteiger partial charge in [-0.1, -0.05) is 30.7 Å². The zero-order valence-corrected chi connectivity index (χ0v) is 25.1. The van der Waals surface area contributed by atoms with Crippen LogP contribution in [-0.4, -0.2) is 50.4 Å². The Balaban J connectivity index is 2.06. The Morgan fingerprint density at radius 3 is 2.10 bits per heavy atom. The van der Waals surface area contributed by atoms with Crippen LogP contribution in [0.3, 0.4) is 0 Å². The largest absolute Gasteiger partial charge is 0.494 e. The van der Waals surface area contributed by atoms with Crippen LogP contribution in [-0.2, 0) is 26.2 Å². The first-order chi connectivity index (χ1) is 19.5. The molecule has 3 aromatic carbocycles. The van der Waals surface area contributed by atoms with Gasteiger partial charge in [0.15, 0.2) is 0 Å². The summed E-state index contributed by atoms with van der Waals surface area (Å²) < 4.78 is 47.7.